The molecule has 0 fully saturated rings. The lowest BCUT2D eigenvalue weighted by atomic mass is 10.1. The van der Waals surface area contributed by atoms with Gasteiger partial charge in [0.25, 0.3) is 0 Å². The highest BCUT2D eigenvalue weighted by molar-refractivity contribution is 5.95. The van der Waals surface area contributed by atoms with Crippen molar-refractivity contribution in [3.8, 4) is 17.1 Å². The number of nitrogen functional groups attached to an aromatic ring is 1. The first-order valence-corrected chi connectivity index (χ1v) is 13.4. The molecule has 3 aromatic heterocycles. The molecule has 0 unspecified atom stereocenters. The van der Waals surface area contributed by atoms with Crippen LogP contribution in [0.4, 0.5) is 41.1 Å². The number of pyridine rings is 1. The molecule has 3 N–H and O–H groups in total. The number of alkyl halides is 3. The highest BCUT2D eigenvalue weighted by atomic mass is 19.4. The number of amides is 1. The molecule has 4 aromatic rings. The topological polar surface area (TPSA) is 124 Å². The molecule has 14 heteroatoms. The first-order valence-electron chi connectivity index (χ1n) is 13.4. The number of aryl methyl sites for hydroxylation is 1. The second-order valence-electron chi connectivity index (χ2n) is 11.0. The van der Waals surface area contributed by atoms with Crippen LogP contribution in [0.2, 0.25) is 0 Å². The molecule has 0 saturated carbocycles. The standard InChI is InChI=1S/C29H35F3N8O3/c1-28(2,3)43-27(41)39(5)14-13-38(4)24-20(33)15-22(25(37-24)42-17-29(30,31)32)36-26-34-12-11-21(35-26)19-16-40(6)23-10-8-7-9-18(19)23/h7-12,15-16H,13-14,17,33H2,1-6H3,(H,34,35,36). The maximum atomic E-state index is 13.1. The number of aromatic nitrogens is 4. The van der Waals surface area contributed by atoms with E-state index in [1.165, 1.54) is 11.0 Å². The fourth-order valence-corrected chi connectivity index (χ4v) is 4.23. The Kier molecular flexibility index (Phi) is 8.88. The van der Waals surface area contributed by atoms with Gasteiger partial charge in [0.05, 0.1) is 11.4 Å². The average molecular weight is 601 g/mol. The summed E-state index contributed by atoms with van der Waals surface area (Å²) < 4.78 is 51.8. The Morgan fingerprint density at radius 1 is 1.09 bits per heavy atom. The fraction of sp³-hybridized carbons (Fsp3) is 0.379. The number of para-hydroxylation sites is 1. The van der Waals surface area contributed by atoms with Crippen molar-refractivity contribution < 1.29 is 27.4 Å². The third-order valence-corrected chi connectivity index (χ3v) is 6.28. The first kappa shape index (κ1) is 31.2. The van der Waals surface area contributed by atoms with Crippen molar-refractivity contribution in [1.82, 2.24) is 24.4 Å². The van der Waals surface area contributed by atoms with Gasteiger partial charge in [-0.3, -0.25) is 0 Å². The lowest BCUT2D eigenvalue weighted by molar-refractivity contribution is -0.153. The Bertz CT molecular complexity index is 1600. The minimum Gasteiger partial charge on any atom is -0.466 e. The Morgan fingerprint density at radius 2 is 1.81 bits per heavy atom. The smallest absolute Gasteiger partial charge is 0.422 e. The molecule has 230 valence electrons. The Labute approximate surface area is 247 Å². The van der Waals surface area contributed by atoms with E-state index in [0.717, 1.165) is 16.5 Å². The number of halogens is 3. The fourth-order valence-electron chi connectivity index (χ4n) is 4.23. The maximum Gasteiger partial charge on any atom is 0.422 e. The minimum atomic E-state index is -4.60. The van der Waals surface area contributed by atoms with Crippen molar-refractivity contribution in [3.05, 3.63) is 48.8 Å². The predicted molar refractivity (Wildman–Crippen MR) is 160 cm³/mol. The molecule has 0 aliphatic carbocycles. The van der Waals surface area contributed by atoms with E-state index in [0.29, 0.717) is 5.69 Å². The van der Waals surface area contributed by atoms with Gasteiger partial charge in [-0.05, 0) is 39.0 Å². The van der Waals surface area contributed by atoms with Crippen LogP contribution in [0.1, 0.15) is 20.8 Å². The largest absolute Gasteiger partial charge is 0.466 e. The normalized spacial score (nSPS) is 11.8. The number of fused-ring (bicyclic) bond motifs is 1. The zero-order valence-corrected chi connectivity index (χ0v) is 24.9. The number of rotatable bonds is 9. The molecule has 0 bridgehead atoms. The molecule has 0 aliphatic rings. The quantitative estimate of drug-likeness (QED) is 0.253. The SMILES string of the molecule is CN(CCN(C)c1nc(OCC(F)(F)F)c(Nc2nccc(-c3cn(C)c4ccccc34)n2)cc1N)C(=O)OC(C)(C)C. The van der Waals surface area contributed by atoms with E-state index in [4.69, 9.17) is 15.2 Å². The number of nitrogens with one attached hydrogen (secondary N) is 1. The van der Waals surface area contributed by atoms with Crippen LogP contribution in [0, 0.1) is 0 Å². The van der Waals surface area contributed by atoms with Gasteiger partial charge in [-0.1, -0.05) is 18.2 Å². The van der Waals surface area contributed by atoms with Gasteiger partial charge < -0.3 is 34.9 Å². The second kappa shape index (κ2) is 12.2. The van der Waals surface area contributed by atoms with Crippen LogP contribution < -0.4 is 20.7 Å². The van der Waals surface area contributed by atoms with Crippen LogP contribution in [-0.4, -0.2) is 76.1 Å². The van der Waals surface area contributed by atoms with Gasteiger partial charge in [0.1, 0.15) is 11.3 Å². The highest BCUT2D eigenvalue weighted by Crippen LogP contribution is 2.35. The van der Waals surface area contributed by atoms with Crippen molar-refractivity contribution in [2.75, 3.05) is 49.7 Å². The summed E-state index contributed by atoms with van der Waals surface area (Å²) in [6.07, 6.45) is -1.63. The molecular formula is C29H35F3N8O3. The van der Waals surface area contributed by atoms with Crippen molar-refractivity contribution in [3.63, 3.8) is 0 Å². The number of ether oxygens (including phenoxy) is 2. The Hall–Kier alpha value is -4.75. The zero-order valence-electron chi connectivity index (χ0n) is 24.9. The van der Waals surface area contributed by atoms with Gasteiger partial charge >= 0.3 is 12.3 Å². The van der Waals surface area contributed by atoms with E-state index in [9.17, 15) is 18.0 Å². The molecule has 0 radical (unpaired) electrons. The number of anilines is 4. The molecule has 0 saturated heterocycles. The van der Waals surface area contributed by atoms with Crippen LogP contribution in [0.5, 0.6) is 5.88 Å². The number of hydrogen-bond donors (Lipinski definition) is 2. The molecule has 0 aliphatic heterocycles. The number of carbonyl (C=O) groups is 1. The summed E-state index contributed by atoms with van der Waals surface area (Å²) in [4.78, 5) is 28.4. The minimum absolute atomic E-state index is 0.0554. The molecule has 4 rings (SSSR count). The molecule has 11 nitrogen and oxygen atoms in total. The predicted octanol–water partition coefficient (Wildman–Crippen LogP) is 5.60. The summed E-state index contributed by atoms with van der Waals surface area (Å²) in [5, 5.41) is 3.90. The maximum absolute atomic E-state index is 13.1. The Balaban J connectivity index is 1.59. The van der Waals surface area contributed by atoms with E-state index < -0.39 is 24.5 Å². The summed E-state index contributed by atoms with van der Waals surface area (Å²) in [5.41, 5.74) is 8.34. The molecule has 43 heavy (non-hydrogen) atoms. The van der Waals surface area contributed by atoms with Gasteiger partial charge in [-0.25, -0.2) is 14.8 Å². The van der Waals surface area contributed by atoms with Crippen LogP contribution in [0.25, 0.3) is 22.2 Å². The zero-order chi connectivity index (χ0) is 31.5. The molecule has 0 atom stereocenters. The monoisotopic (exact) mass is 600 g/mol. The number of nitrogens with zero attached hydrogens (tertiary/aromatic N) is 6. The molecule has 1 amide bonds. The van der Waals surface area contributed by atoms with Gasteiger partial charge in [0, 0.05) is 63.1 Å². The number of nitrogens with two attached hydrogens (primary N) is 1. The van der Waals surface area contributed by atoms with Crippen molar-refractivity contribution in [1.29, 1.82) is 0 Å². The van der Waals surface area contributed by atoms with E-state index in [-0.39, 0.29) is 42.1 Å². The van der Waals surface area contributed by atoms with E-state index >= 15 is 0 Å². The van der Waals surface area contributed by atoms with Crippen LogP contribution in [0.15, 0.2) is 48.8 Å². The number of carbonyl (C=O) groups excluding carboxylic acids is 1. The lowest BCUT2D eigenvalue weighted by Gasteiger charge is -2.27. The Morgan fingerprint density at radius 3 is 2.51 bits per heavy atom. The van der Waals surface area contributed by atoms with Gasteiger partial charge in [-0.2, -0.15) is 18.2 Å². The van der Waals surface area contributed by atoms with Gasteiger partial charge in [-0.15, -0.1) is 0 Å². The molecular weight excluding hydrogens is 565 g/mol. The van der Waals surface area contributed by atoms with Crippen LogP contribution in [0.3, 0.4) is 0 Å². The van der Waals surface area contributed by atoms with Crippen molar-refractivity contribution >= 4 is 40.1 Å². The molecule has 0 spiro atoms. The lowest BCUT2D eigenvalue weighted by Crippen LogP contribution is -2.38. The molecule has 1 aromatic carbocycles. The number of likely N-dealkylation sites (N-methyl/N-ethyl adjacent to an activating group) is 2. The summed E-state index contributed by atoms with van der Waals surface area (Å²) in [6, 6.07) is 11.0. The van der Waals surface area contributed by atoms with Crippen molar-refractivity contribution in [2.24, 2.45) is 7.05 Å². The third kappa shape index (κ3) is 7.96. The summed E-state index contributed by atoms with van der Waals surface area (Å²) >= 11 is 0. The summed E-state index contributed by atoms with van der Waals surface area (Å²) in [5.74, 6) is -0.0534. The van der Waals surface area contributed by atoms with E-state index in [2.05, 4.69) is 20.3 Å². The third-order valence-electron chi connectivity index (χ3n) is 6.28. The second-order valence-corrected chi connectivity index (χ2v) is 11.0. The van der Waals surface area contributed by atoms with E-state index in [1.54, 1.807) is 52.0 Å². The average Bonchev–Trinajstić information content (AvgIpc) is 3.26. The van der Waals surface area contributed by atoms with Crippen LogP contribution >= 0.6 is 0 Å². The number of hydrogen-bond acceptors (Lipinski definition) is 9. The highest BCUT2D eigenvalue weighted by Gasteiger charge is 2.30. The van der Waals surface area contributed by atoms with Gasteiger partial charge in [0.15, 0.2) is 12.4 Å². The van der Waals surface area contributed by atoms with Crippen molar-refractivity contribution in [2.45, 2.75) is 32.5 Å². The summed E-state index contributed by atoms with van der Waals surface area (Å²) in [7, 11) is 5.16. The first-order chi connectivity index (χ1) is 20.1. The number of benzene rings is 1. The van der Waals surface area contributed by atoms with Gasteiger partial charge in [0.2, 0.25) is 11.8 Å². The molecule has 3 heterocycles. The van der Waals surface area contributed by atoms with Crippen LogP contribution in [-0.2, 0) is 11.8 Å². The summed E-state index contributed by atoms with van der Waals surface area (Å²) in [6.45, 7) is 4.21. The van der Waals surface area contributed by atoms with E-state index in [1.807, 2.05) is 42.1 Å².